The lowest BCUT2D eigenvalue weighted by atomic mass is 10.1. The van der Waals surface area contributed by atoms with E-state index in [2.05, 4.69) is 4.74 Å². The number of carbonyl (C=O) groups is 1. The van der Waals surface area contributed by atoms with E-state index in [4.69, 9.17) is 5.73 Å². The Morgan fingerprint density at radius 2 is 1.79 bits per heavy atom. The number of hydrogen-bond acceptors (Lipinski definition) is 3. The Kier molecular flexibility index (Phi) is 4.68. The third-order valence-electron chi connectivity index (χ3n) is 2.15. The van der Waals surface area contributed by atoms with E-state index in [0.717, 1.165) is 0 Å². The molecule has 19 heavy (non-hydrogen) atoms. The Labute approximate surface area is 105 Å². The Bertz CT molecular complexity index is 473. The molecule has 0 fully saturated rings. The molecule has 0 aliphatic heterocycles. The van der Waals surface area contributed by atoms with Crippen LogP contribution in [0.15, 0.2) is 12.1 Å². The molecule has 0 unspecified atom stereocenters. The van der Waals surface area contributed by atoms with Gasteiger partial charge in [0.05, 0.1) is 12.2 Å². The molecule has 0 spiro atoms. The van der Waals surface area contributed by atoms with Crippen LogP contribution in [0.1, 0.15) is 23.2 Å². The summed E-state index contributed by atoms with van der Waals surface area (Å²) >= 11 is 0. The molecule has 1 aromatic rings. The molecular weight excluding hydrogens is 273 g/mol. The number of nitrogens with two attached hydrogens (primary N) is 1. The molecule has 0 atom stereocenters. The molecule has 2 N–H and O–H groups in total. The number of rotatable bonds is 4. The van der Waals surface area contributed by atoms with Gasteiger partial charge in [0.25, 0.3) is 0 Å². The van der Waals surface area contributed by atoms with Crippen molar-refractivity contribution in [3.63, 3.8) is 0 Å². The van der Waals surface area contributed by atoms with Gasteiger partial charge in [0.15, 0.2) is 11.6 Å². The van der Waals surface area contributed by atoms with Crippen LogP contribution in [0.25, 0.3) is 0 Å². The summed E-state index contributed by atoms with van der Waals surface area (Å²) in [6, 6.07) is 1.14. The van der Waals surface area contributed by atoms with Crippen LogP contribution in [-0.4, -0.2) is 18.8 Å². The van der Waals surface area contributed by atoms with Gasteiger partial charge in [-0.05, 0) is 12.5 Å². The lowest BCUT2D eigenvalue weighted by Crippen LogP contribution is -2.13. The second kappa shape index (κ2) is 5.85. The van der Waals surface area contributed by atoms with Crippen molar-refractivity contribution in [1.29, 1.82) is 0 Å². The fraction of sp³-hybridized carbons (Fsp3) is 0.364. The minimum atomic E-state index is -4.34. The van der Waals surface area contributed by atoms with Gasteiger partial charge < -0.3 is 10.5 Å². The number of benzene rings is 1. The Balaban J connectivity index is 2.57. The molecule has 0 aliphatic rings. The summed E-state index contributed by atoms with van der Waals surface area (Å²) < 4.78 is 65.5. The highest BCUT2D eigenvalue weighted by molar-refractivity contribution is 5.95. The number of carbonyl (C=O) groups excluding carboxylic acids is 1. The van der Waals surface area contributed by atoms with Gasteiger partial charge in [-0.25, -0.2) is 13.6 Å². The maximum atomic E-state index is 12.9. The van der Waals surface area contributed by atoms with Gasteiger partial charge in [-0.3, -0.25) is 0 Å². The van der Waals surface area contributed by atoms with Crippen molar-refractivity contribution in [2.24, 2.45) is 0 Å². The first kappa shape index (κ1) is 15.2. The van der Waals surface area contributed by atoms with Gasteiger partial charge in [-0.2, -0.15) is 13.2 Å². The Morgan fingerprint density at radius 1 is 1.21 bits per heavy atom. The smallest absolute Gasteiger partial charge is 0.389 e. The quantitative estimate of drug-likeness (QED) is 0.400. The summed E-state index contributed by atoms with van der Waals surface area (Å²) in [4.78, 5) is 11.4. The third-order valence-corrected chi connectivity index (χ3v) is 2.15. The molecule has 0 saturated carbocycles. The van der Waals surface area contributed by atoms with Crippen LogP contribution in [0.2, 0.25) is 0 Å². The molecule has 0 aromatic heterocycles. The van der Waals surface area contributed by atoms with E-state index in [1.54, 1.807) is 0 Å². The Hall–Kier alpha value is -1.86. The molecule has 0 aliphatic carbocycles. The van der Waals surface area contributed by atoms with Gasteiger partial charge in [0, 0.05) is 18.2 Å². The van der Waals surface area contributed by atoms with Crippen molar-refractivity contribution >= 4 is 11.7 Å². The average molecular weight is 283 g/mol. The summed E-state index contributed by atoms with van der Waals surface area (Å²) in [6.07, 6.45) is -5.86. The van der Waals surface area contributed by atoms with Crippen LogP contribution in [-0.2, 0) is 4.74 Å². The molecule has 8 heteroatoms. The maximum Gasteiger partial charge on any atom is 0.389 e. The van der Waals surface area contributed by atoms with Gasteiger partial charge in [0.2, 0.25) is 0 Å². The predicted octanol–water partition coefficient (Wildman–Crippen LogP) is 3.05. The van der Waals surface area contributed by atoms with Gasteiger partial charge in [0.1, 0.15) is 0 Å². The average Bonchev–Trinajstić information content (AvgIpc) is 2.28. The molecule has 0 bridgehead atoms. The zero-order chi connectivity index (χ0) is 14.6. The lowest BCUT2D eigenvalue weighted by molar-refractivity contribution is -0.137. The second-order valence-electron chi connectivity index (χ2n) is 3.71. The maximum absolute atomic E-state index is 12.9. The van der Waals surface area contributed by atoms with E-state index >= 15 is 0 Å². The SMILES string of the molecule is Nc1cc(F)c(F)cc1C(=O)OCCCC(F)(F)F. The summed E-state index contributed by atoms with van der Waals surface area (Å²) in [7, 11) is 0. The van der Waals surface area contributed by atoms with E-state index < -0.39 is 48.8 Å². The van der Waals surface area contributed by atoms with E-state index in [9.17, 15) is 26.7 Å². The monoisotopic (exact) mass is 283 g/mol. The lowest BCUT2D eigenvalue weighted by Gasteiger charge is -2.08. The van der Waals surface area contributed by atoms with Crippen molar-refractivity contribution in [1.82, 2.24) is 0 Å². The number of alkyl halides is 3. The number of halogens is 5. The normalized spacial score (nSPS) is 11.4. The second-order valence-corrected chi connectivity index (χ2v) is 3.71. The highest BCUT2D eigenvalue weighted by atomic mass is 19.4. The number of ether oxygens (including phenoxy) is 1. The van der Waals surface area contributed by atoms with Crippen LogP contribution in [0, 0.1) is 11.6 Å². The van der Waals surface area contributed by atoms with Gasteiger partial charge >= 0.3 is 12.1 Å². The van der Waals surface area contributed by atoms with Gasteiger partial charge in [-0.1, -0.05) is 0 Å². The minimum Gasteiger partial charge on any atom is -0.462 e. The largest absolute Gasteiger partial charge is 0.462 e. The summed E-state index contributed by atoms with van der Waals surface area (Å²) in [5.74, 6) is -3.62. The van der Waals surface area contributed by atoms with Crippen molar-refractivity contribution in [3.05, 3.63) is 29.3 Å². The first-order valence-corrected chi connectivity index (χ1v) is 5.19. The van der Waals surface area contributed by atoms with Crippen LogP contribution < -0.4 is 5.73 Å². The van der Waals surface area contributed by atoms with Crippen molar-refractivity contribution in [2.45, 2.75) is 19.0 Å². The van der Waals surface area contributed by atoms with Crippen LogP contribution in [0.5, 0.6) is 0 Å². The first-order valence-electron chi connectivity index (χ1n) is 5.19. The minimum absolute atomic E-state index is 0.347. The molecule has 0 radical (unpaired) electrons. The number of nitrogen functional groups attached to an aromatic ring is 1. The van der Waals surface area contributed by atoms with Crippen LogP contribution in [0.3, 0.4) is 0 Å². The molecule has 1 rings (SSSR count). The number of esters is 1. The highest BCUT2D eigenvalue weighted by Gasteiger charge is 2.26. The number of anilines is 1. The molecule has 0 heterocycles. The molecule has 1 aromatic carbocycles. The zero-order valence-corrected chi connectivity index (χ0v) is 9.56. The first-order chi connectivity index (χ1) is 8.70. The summed E-state index contributed by atoms with van der Waals surface area (Å²) in [5, 5.41) is 0. The van der Waals surface area contributed by atoms with E-state index in [0.29, 0.717) is 12.1 Å². The topological polar surface area (TPSA) is 52.3 Å². The van der Waals surface area contributed by atoms with Crippen LogP contribution in [0.4, 0.5) is 27.6 Å². The molecule has 3 nitrogen and oxygen atoms in total. The molecule has 0 saturated heterocycles. The third kappa shape index (κ3) is 4.72. The fourth-order valence-corrected chi connectivity index (χ4v) is 1.25. The van der Waals surface area contributed by atoms with E-state index in [1.165, 1.54) is 0 Å². The summed E-state index contributed by atoms with van der Waals surface area (Å²) in [6.45, 7) is -0.489. The van der Waals surface area contributed by atoms with E-state index in [1.807, 2.05) is 0 Å². The van der Waals surface area contributed by atoms with Crippen molar-refractivity contribution in [2.75, 3.05) is 12.3 Å². The standard InChI is InChI=1S/C11H10F5NO2/c12-7-4-6(9(17)5-8(7)13)10(18)19-3-1-2-11(14,15)16/h4-5H,1-3,17H2. The van der Waals surface area contributed by atoms with Crippen molar-refractivity contribution in [3.8, 4) is 0 Å². The summed E-state index contributed by atoms with van der Waals surface area (Å²) in [5.41, 5.74) is 4.50. The zero-order valence-electron chi connectivity index (χ0n) is 9.56. The van der Waals surface area contributed by atoms with Gasteiger partial charge in [-0.15, -0.1) is 0 Å². The molecule has 106 valence electrons. The molecule has 0 amide bonds. The highest BCUT2D eigenvalue weighted by Crippen LogP contribution is 2.22. The fourth-order valence-electron chi connectivity index (χ4n) is 1.25. The predicted molar refractivity (Wildman–Crippen MR) is 56.3 cm³/mol. The number of hydrogen-bond donors (Lipinski definition) is 1. The van der Waals surface area contributed by atoms with Crippen molar-refractivity contribution < 1.29 is 31.5 Å². The van der Waals surface area contributed by atoms with E-state index in [-0.39, 0.29) is 5.69 Å². The van der Waals surface area contributed by atoms with Crippen LogP contribution >= 0.6 is 0 Å². The Morgan fingerprint density at radius 3 is 2.37 bits per heavy atom. The molecular formula is C11H10F5NO2.